The summed E-state index contributed by atoms with van der Waals surface area (Å²) >= 11 is 0. The van der Waals surface area contributed by atoms with Crippen molar-refractivity contribution in [3.05, 3.63) is 89.9 Å². The molecule has 1 atom stereocenters. The lowest BCUT2D eigenvalue weighted by Gasteiger charge is -2.23. The Morgan fingerprint density at radius 3 is 2.61 bits per heavy atom. The van der Waals surface area contributed by atoms with E-state index in [1.54, 1.807) is 18.3 Å². The van der Waals surface area contributed by atoms with E-state index in [0.717, 1.165) is 62.5 Å². The maximum absolute atomic E-state index is 13.5. The van der Waals surface area contributed by atoms with Gasteiger partial charge in [-0.3, -0.25) is 9.69 Å². The number of pyridine rings is 1. The second-order valence-electron chi connectivity index (χ2n) is 8.51. The van der Waals surface area contributed by atoms with Crippen LogP contribution in [0.1, 0.15) is 36.8 Å². The highest BCUT2D eigenvalue weighted by Gasteiger charge is 2.19. The summed E-state index contributed by atoms with van der Waals surface area (Å²) in [6.45, 7) is 6.43. The highest BCUT2D eigenvalue weighted by atomic mass is 19.1. The number of nitrogens with one attached hydrogen (secondary N) is 1. The molecule has 172 valence electrons. The summed E-state index contributed by atoms with van der Waals surface area (Å²) in [6.07, 6.45) is 3.49. The van der Waals surface area contributed by atoms with E-state index in [9.17, 15) is 9.18 Å². The fourth-order valence-electron chi connectivity index (χ4n) is 4.39. The molecule has 33 heavy (non-hydrogen) atoms. The van der Waals surface area contributed by atoms with Crippen molar-refractivity contribution in [2.24, 2.45) is 0 Å². The molecule has 1 N–H and O–H groups in total. The summed E-state index contributed by atoms with van der Waals surface area (Å²) < 4.78 is 13.5. The molecule has 5 nitrogen and oxygen atoms in total. The summed E-state index contributed by atoms with van der Waals surface area (Å²) in [5.74, 6) is 0.534. The number of benzene rings is 2. The van der Waals surface area contributed by atoms with Crippen molar-refractivity contribution in [2.75, 3.05) is 36.4 Å². The topological polar surface area (TPSA) is 48.5 Å². The summed E-state index contributed by atoms with van der Waals surface area (Å²) in [6, 6.07) is 20.6. The maximum atomic E-state index is 13.5. The van der Waals surface area contributed by atoms with Gasteiger partial charge in [-0.1, -0.05) is 49.4 Å². The molecular formula is C27H31FN4O. The van der Waals surface area contributed by atoms with Crippen molar-refractivity contribution < 1.29 is 9.18 Å². The summed E-state index contributed by atoms with van der Waals surface area (Å²) in [7, 11) is 0. The molecule has 0 aliphatic carbocycles. The molecule has 4 rings (SSSR count). The Balaban J connectivity index is 1.33. The molecule has 1 aromatic heterocycles. The molecule has 3 aromatic rings. The Morgan fingerprint density at radius 1 is 1.03 bits per heavy atom. The van der Waals surface area contributed by atoms with E-state index >= 15 is 0 Å². The van der Waals surface area contributed by atoms with Gasteiger partial charge in [-0.05, 0) is 48.2 Å². The number of halogens is 1. The van der Waals surface area contributed by atoms with Gasteiger partial charge >= 0.3 is 0 Å². The number of hydrogen-bond acceptors (Lipinski definition) is 4. The number of rotatable bonds is 7. The second kappa shape index (κ2) is 11.1. The molecule has 0 spiro atoms. The van der Waals surface area contributed by atoms with Crippen molar-refractivity contribution in [3.63, 3.8) is 0 Å². The van der Waals surface area contributed by atoms with Gasteiger partial charge in [0.05, 0.1) is 17.8 Å². The maximum Gasteiger partial charge on any atom is 0.231 e. The zero-order valence-electron chi connectivity index (χ0n) is 19.1. The van der Waals surface area contributed by atoms with Crippen LogP contribution in [-0.4, -0.2) is 42.0 Å². The predicted molar refractivity (Wildman–Crippen MR) is 131 cm³/mol. The average Bonchev–Trinajstić information content (AvgIpc) is 3.06. The lowest BCUT2D eigenvalue weighted by Crippen LogP contribution is -2.31. The van der Waals surface area contributed by atoms with Crippen LogP contribution in [0.25, 0.3) is 0 Å². The first kappa shape index (κ1) is 22.9. The van der Waals surface area contributed by atoms with Crippen molar-refractivity contribution in [2.45, 2.75) is 32.2 Å². The number of nitrogens with zero attached hydrogens (tertiary/aromatic N) is 3. The highest BCUT2D eigenvalue weighted by molar-refractivity contribution is 5.95. The van der Waals surface area contributed by atoms with E-state index in [4.69, 9.17) is 0 Å². The van der Waals surface area contributed by atoms with Gasteiger partial charge in [-0.25, -0.2) is 9.37 Å². The molecule has 1 saturated heterocycles. The predicted octanol–water partition coefficient (Wildman–Crippen LogP) is 5.07. The molecule has 2 heterocycles. The molecule has 0 bridgehead atoms. The third kappa shape index (κ3) is 6.17. The van der Waals surface area contributed by atoms with Crippen LogP contribution in [0.3, 0.4) is 0 Å². The number of carbonyl (C=O) groups excluding carboxylic acids is 1. The first-order valence-corrected chi connectivity index (χ1v) is 11.7. The lowest BCUT2D eigenvalue weighted by atomic mass is 9.95. The molecule has 1 fully saturated rings. The van der Waals surface area contributed by atoms with Gasteiger partial charge in [0, 0.05) is 32.7 Å². The summed E-state index contributed by atoms with van der Waals surface area (Å²) in [5, 5.41) is 3.01. The normalized spacial score (nSPS) is 15.6. The van der Waals surface area contributed by atoms with Crippen molar-refractivity contribution in [1.82, 2.24) is 9.88 Å². The molecular weight excluding hydrogens is 415 g/mol. The second-order valence-corrected chi connectivity index (χ2v) is 8.51. The molecule has 1 aliphatic heterocycles. The number of aromatic nitrogens is 1. The van der Waals surface area contributed by atoms with Gasteiger partial charge in [0.1, 0.15) is 11.6 Å². The SMILES string of the molecule is CC[C@H](C(=O)Nc1ccc(N2CCCN(Cc3cccc(F)c3)CC2)nc1)c1ccccc1. The minimum absolute atomic E-state index is 0.0130. The summed E-state index contributed by atoms with van der Waals surface area (Å²) in [5.41, 5.74) is 2.73. The summed E-state index contributed by atoms with van der Waals surface area (Å²) in [4.78, 5) is 22.1. The van der Waals surface area contributed by atoms with Gasteiger partial charge in [0.15, 0.2) is 0 Å². The number of amides is 1. The fourth-order valence-corrected chi connectivity index (χ4v) is 4.39. The highest BCUT2D eigenvalue weighted by Crippen LogP contribution is 2.22. The number of carbonyl (C=O) groups is 1. The van der Waals surface area contributed by atoms with E-state index < -0.39 is 0 Å². The van der Waals surface area contributed by atoms with Crippen LogP contribution in [0.2, 0.25) is 0 Å². The molecule has 6 heteroatoms. The van der Waals surface area contributed by atoms with E-state index in [1.807, 2.05) is 55.5 Å². The number of hydrogen-bond donors (Lipinski definition) is 1. The van der Waals surface area contributed by atoms with Gasteiger partial charge in [-0.15, -0.1) is 0 Å². The van der Waals surface area contributed by atoms with E-state index in [2.05, 4.69) is 20.1 Å². The minimum Gasteiger partial charge on any atom is -0.355 e. The largest absolute Gasteiger partial charge is 0.355 e. The third-order valence-electron chi connectivity index (χ3n) is 6.15. The van der Waals surface area contributed by atoms with Crippen molar-refractivity contribution >= 4 is 17.4 Å². The first-order valence-electron chi connectivity index (χ1n) is 11.7. The quantitative estimate of drug-likeness (QED) is 0.551. The van der Waals surface area contributed by atoms with Crippen LogP contribution < -0.4 is 10.2 Å². The van der Waals surface area contributed by atoms with E-state index in [-0.39, 0.29) is 17.6 Å². The van der Waals surface area contributed by atoms with E-state index in [1.165, 1.54) is 6.07 Å². The standard InChI is InChI=1S/C27H31FN4O/c1-2-25(22-9-4-3-5-10-22)27(33)30-24-12-13-26(29-19-24)32-15-7-14-31(16-17-32)20-21-8-6-11-23(28)18-21/h3-6,8-13,18-19,25H,2,7,14-17,20H2,1H3,(H,30,33)/t25-/m0/s1. The molecule has 0 unspecified atom stereocenters. The van der Waals surface area contributed by atoms with Gasteiger partial charge < -0.3 is 10.2 Å². The Bertz CT molecular complexity index is 1040. The molecule has 1 amide bonds. The molecule has 2 aromatic carbocycles. The van der Waals surface area contributed by atoms with Crippen molar-refractivity contribution in [3.8, 4) is 0 Å². The fraction of sp³-hybridized carbons (Fsp3) is 0.333. The van der Waals surface area contributed by atoms with Crippen LogP contribution in [0.4, 0.5) is 15.9 Å². The monoisotopic (exact) mass is 446 g/mol. The lowest BCUT2D eigenvalue weighted by molar-refractivity contribution is -0.117. The Morgan fingerprint density at radius 2 is 1.88 bits per heavy atom. The number of anilines is 2. The van der Waals surface area contributed by atoms with Crippen LogP contribution in [-0.2, 0) is 11.3 Å². The zero-order valence-corrected chi connectivity index (χ0v) is 19.1. The average molecular weight is 447 g/mol. The minimum atomic E-state index is -0.186. The molecule has 0 radical (unpaired) electrons. The van der Waals surface area contributed by atoms with Crippen LogP contribution >= 0.6 is 0 Å². The molecule has 0 saturated carbocycles. The third-order valence-corrected chi connectivity index (χ3v) is 6.15. The Labute approximate surface area is 195 Å². The Kier molecular flexibility index (Phi) is 7.68. The molecule has 1 aliphatic rings. The van der Waals surface area contributed by atoms with Crippen molar-refractivity contribution in [1.29, 1.82) is 0 Å². The van der Waals surface area contributed by atoms with Crippen LogP contribution in [0.15, 0.2) is 72.9 Å². The van der Waals surface area contributed by atoms with Gasteiger partial charge in [-0.2, -0.15) is 0 Å². The first-order chi connectivity index (χ1) is 16.1. The van der Waals surface area contributed by atoms with Crippen LogP contribution in [0.5, 0.6) is 0 Å². The Hall–Kier alpha value is -3.25. The van der Waals surface area contributed by atoms with Crippen LogP contribution in [0, 0.1) is 5.82 Å². The van der Waals surface area contributed by atoms with E-state index in [0.29, 0.717) is 5.69 Å². The smallest absolute Gasteiger partial charge is 0.231 e. The van der Waals surface area contributed by atoms with Gasteiger partial charge in [0.2, 0.25) is 5.91 Å². The van der Waals surface area contributed by atoms with Gasteiger partial charge in [0.25, 0.3) is 0 Å². The zero-order chi connectivity index (χ0) is 23.0.